The molecule has 1 saturated heterocycles. The summed E-state index contributed by atoms with van der Waals surface area (Å²) >= 11 is 1.92. The standard InChI is InChI=1S/C20H30N2O2S/c1-20(2,3)24-19(23)22-14-8-12-17(22)16-11-7-13-21-18(16)25-15-9-5-4-6-10-15/h7,11,13,15,17H,4-6,8-10,12,14H2,1-3H3. The van der Waals surface area contributed by atoms with Crippen LogP contribution in [0.2, 0.25) is 0 Å². The fraction of sp³-hybridized carbons (Fsp3) is 0.700. The van der Waals surface area contributed by atoms with Gasteiger partial charge in [-0.2, -0.15) is 0 Å². The van der Waals surface area contributed by atoms with Gasteiger partial charge in [-0.05, 0) is 52.5 Å². The van der Waals surface area contributed by atoms with E-state index in [1.54, 1.807) is 0 Å². The van der Waals surface area contributed by atoms with Crippen molar-refractivity contribution < 1.29 is 9.53 Å². The van der Waals surface area contributed by atoms with Crippen LogP contribution in [-0.4, -0.2) is 33.4 Å². The van der Waals surface area contributed by atoms with Crippen LogP contribution in [0.3, 0.4) is 0 Å². The Morgan fingerprint density at radius 3 is 2.68 bits per heavy atom. The van der Waals surface area contributed by atoms with E-state index in [1.165, 1.54) is 37.7 Å². The summed E-state index contributed by atoms with van der Waals surface area (Å²) in [5.41, 5.74) is 0.736. The minimum absolute atomic E-state index is 0.0923. The Kier molecular flexibility index (Phi) is 5.92. The lowest BCUT2D eigenvalue weighted by Gasteiger charge is -2.30. The van der Waals surface area contributed by atoms with Gasteiger partial charge in [0.2, 0.25) is 0 Å². The molecule has 5 heteroatoms. The molecule has 2 heterocycles. The van der Waals surface area contributed by atoms with E-state index in [2.05, 4.69) is 11.1 Å². The summed E-state index contributed by atoms with van der Waals surface area (Å²) in [6, 6.07) is 4.23. The van der Waals surface area contributed by atoms with Gasteiger partial charge in [0.25, 0.3) is 0 Å². The first-order chi connectivity index (χ1) is 11.9. The highest BCUT2D eigenvalue weighted by Gasteiger charge is 2.35. The van der Waals surface area contributed by atoms with Crippen LogP contribution in [-0.2, 0) is 4.74 Å². The Hall–Kier alpha value is -1.23. The Morgan fingerprint density at radius 1 is 1.20 bits per heavy atom. The number of pyridine rings is 1. The van der Waals surface area contributed by atoms with Crippen molar-refractivity contribution in [2.75, 3.05) is 6.54 Å². The molecule has 1 atom stereocenters. The van der Waals surface area contributed by atoms with Gasteiger partial charge in [0, 0.05) is 23.6 Å². The van der Waals surface area contributed by atoms with Crippen molar-refractivity contribution in [1.82, 2.24) is 9.88 Å². The number of hydrogen-bond donors (Lipinski definition) is 0. The smallest absolute Gasteiger partial charge is 0.410 e. The summed E-state index contributed by atoms with van der Waals surface area (Å²) in [4.78, 5) is 19.2. The Morgan fingerprint density at radius 2 is 1.96 bits per heavy atom. The summed E-state index contributed by atoms with van der Waals surface area (Å²) < 4.78 is 5.62. The highest BCUT2D eigenvalue weighted by molar-refractivity contribution is 7.99. The monoisotopic (exact) mass is 362 g/mol. The van der Waals surface area contributed by atoms with Crippen LogP contribution in [0.5, 0.6) is 0 Å². The molecule has 1 aromatic heterocycles. The molecule has 2 aliphatic rings. The summed E-state index contributed by atoms with van der Waals surface area (Å²) in [5.74, 6) is 0. The molecule has 1 saturated carbocycles. The maximum atomic E-state index is 12.6. The summed E-state index contributed by atoms with van der Waals surface area (Å²) in [5, 5.41) is 1.77. The van der Waals surface area contributed by atoms with Gasteiger partial charge in [0.15, 0.2) is 0 Å². The van der Waals surface area contributed by atoms with Gasteiger partial charge >= 0.3 is 6.09 Å². The molecule has 0 bridgehead atoms. The maximum Gasteiger partial charge on any atom is 0.410 e. The molecule has 1 amide bonds. The van der Waals surface area contributed by atoms with Crippen LogP contribution >= 0.6 is 11.8 Å². The molecule has 25 heavy (non-hydrogen) atoms. The van der Waals surface area contributed by atoms with Crippen LogP contribution < -0.4 is 0 Å². The lowest BCUT2D eigenvalue weighted by Crippen LogP contribution is -2.36. The van der Waals surface area contributed by atoms with E-state index in [9.17, 15) is 4.79 Å². The van der Waals surface area contributed by atoms with E-state index in [0.29, 0.717) is 5.25 Å². The highest BCUT2D eigenvalue weighted by Crippen LogP contribution is 2.40. The Balaban J connectivity index is 1.76. The van der Waals surface area contributed by atoms with E-state index < -0.39 is 5.60 Å². The van der Waals surface area contributed by atoms with Gasteiger partial charge in [-0.3, -0.25) is 0 Å². The SMILES string of the molecule is CC(C)(C)OC(=O)N1CCCC1c1cccnc1SC1CCCCC1. The maximum absolute atomic E-state index is 12.6. The number of ether oxygens (including phenoxy) is 1. The number of thioether (sulfide) groups is 1. The molecule has 0 aromatic carbocycles. The predicted molar refractivity (Wildman–Crippen MR) is 102 cm³/mol. The zero-order chi connectivity index (χ0) is 17.9. The number of likely N-dealkylation sites (tertiary alicyclic amines) is 1. The van der Waals surface area contributed by atoms with Crippen molar-refractivity contribution in [2.45, 2.75) is 87.6 Å². The zero-order valence-corrected chi connectivity index (χ0v) is 16.5. The Labute approximate surface area is 155 Å². The topological polar surface area (TPSA) is 42.4 Å². The summed E-state index contributed by atoms with van der Waals surface area (Å²) in [6.45, 7) is 6.53. The normalized spacial score (nSPS) is 22.2. The van der Waals surface area contributed by atoms with Crippen LogP contribution in [0.4, 0.5) is 4.79 Å². The van der Waals surface area contributed by atoms with Crippen LogP contribution in [0.15, 0.2) is 23.4 Å². The second kappa shape index (κ2) is 7.98. The van der Waals surface area contributed by atoms with Crippen molar-refractivity contribution >= 4 is 17.9 Å². The third-order valence-corrected chi connectivity index (χ3v) is 6.24. The average Bonchev–Trinajstić information content (AvgIpc) is 3.04. The fourth-order valence-corrected chi connectivity index (χ4v) is 5.07. The highest BCUT2D eigenvalue weighted by atomic mass is 32.2. The van der Waals surface area contributed by atoms with Crippen LogP contribution in [0.25, 0.3) is 0 Å². The molecule has 1 aliphatic carbocycles. The lowest BCUT2D eigenvalue weighted by atomic mass is 10.0. The molecule has 138 valence electrons. The Bertz CT molecular complexity index is 594. The predicted octanol–water partition coefficient (Wildman–Crippen LogP) is 5.58. The summed E-state index contributed by atoms with van der Waals surface area (Å²) in [6.07, 6.45) is 10.3. The van der Waals surface area contributed by atoms with Gasteiger partial charge in [0.05, 0.1) is 6.04 Å². The number of aromatic nitrogens is 1. The molecule has 0 N–H and O–H groups in total. The quantitative estimate of drug-likeness (QED) is 0.704. The number of carbonyl (C=O) groups is 1. The number of rotatable bonds is 3. The van der Waals surface area contributed by atoms with Crippen molar-refractivity contribution in [2.24, 2.45) is 0 Å². The number of carbonyl (C=O) groups excluding carboxylic acids is 1. The van der Waals surface area contributed by atoms with Gasteiger partial charge < -0.3 is 9.64 Å². The molecule has 2 fully saturated rings. The molecule has 3 rings (SSSR count). The van der Waals surface area contributed by atoms with Crippen molar-refractivity contribution in [3.8, 4) is 0 Å². The van der Waals surface area contributed by atoms with E-state index >= 15 is 0 Å². The second-order valence-corrected chi connectivity index (χ2v) is 9.40. The third-order valence-electron chi connectivity index (χ3n) is 4.87. The van der Waals surface area contributed by atoms with E-state index in [1.807, 2.05) is 49.7 Å². The lowest BCUT2D eigenvalue weighted by molar-refractivity contribution is 0.0222. The first kappa shape index (κ1) is 18.6. The van der Waals surface area contributed by atoms with E-state index in [4.69, 9.17) is 4.74 Å². The molecular weight excluding hydrogens is 332 g/mol. The van der Waals surface area contributed by atoms with Gasteiger partial charge in [0.1, 0.15) is 10.6 Å². The van der Waals surface area contributed by atoms with Gasteiger partial charge in [-0.1, -0.05) is 25.3 Å². The van der Waals surface area contributed by atoms with E-state index in [-0.39, 0.29) is 12.1 Å². The molecule has 0 spiro atoms. The minimum atomic E-state index is -0.459. The first-order valence-corrected chi connectivity index (χ1v) is 10.4. The van der Waals surface area contributed by atoms with Crippen molar-refractivity contribution in [3.05, 3.63) is 23.9 Å². The third kappa shape index (κ3) is 4.90. The van der Waals surface area contributed by atoms with Gasteiger partial charge in [-0.15, -0.1) is 11.8 Å². The molecule has 1 aliphatic heterocycles. The second-order valence-electron chi connectivity index (χ2n) is 8.11. The molecular formula is C20H30N2O2S. The van der Waals surface area contributed by atoms with Crippen LogP contribution in [0.1, 0.15) is 77.3 Å². The largest absolute Gasteiger partial charge is 0.444 e. The average molecular weight is 363 g/mol. The molecule has 1 unspecified atom stereocenters. The zero-order valence-electron chi connectivity index (χ0n) is 15.7. The fourth-order valence-electron chi connectivity index (χ4n) is 3.73. The minimum Gasteiger partial charge on any atom is -0.444 e. The van der Waals surface area contributed by atoms with Crippen LogP contribution in [0, 0.1) is 0 Å². The molecule has 4 nitrogen and oxygen atoms in total. The number of hydrogen-bond acceptors (Lipinski definition) is 4. The summed E-state index contributed by atoms with van der Waals surface area (Å²) in [7, 11) is 0. The number of nitrogens with zero attached hydrogens (tertiary/aromatic N) is 2. The van der Waals surface area contributed by atoms with Crippen molar-refractivity contribution in [1.29, 1.82) is 0 Å². The van der Waals surface area contributed by atoms with Gasteiger partial charge in [-0.25, -0.2) is 9.78 Å². The molecule has 1 aromatic rings. The first-order valence-electron chi connectivity index (χ1n) is 9.55. The van der Waals surface area contributed by atoms with Crippen molar-refractivity contribution in [3.63, 3.8) is 0 Å². The molecule has 0 radical (unpaired) electrons. The van der Waals surface area contributed by atoms with E-state index in [0.717, 1.165) is 24.4 Å². The number of amides is 1.